The molecule has 4 nitrogen and oxygen atoms in total. The molecule has 0 aromatic heterocycles. The normalized spacial score (nSPS) is 21.0. The molecule has 1 saturated heterocycles. The summed E-state index contributed by atoms with van der Waals surface area (Å²) in [6.07, 6.45) is 0. The van der Waals surface area contributed by atoms with E-state index in [1.807, 2.05) is 0 Å². The molecule has 0 aliphatic carbocycles. The number of piperazine rings is 1. The molecule has 1 aliphatic heterocycles. The Balaban J connectivity index is 0. The highest BCUT2D eigenvalue weighted by Gasteiger charge is 2.03. The molecular formula is C7H17ClN2O2. The van der Waals surface area contributed by atoms with Crippen molar-refractivity contribution in [2.75, 3.05) is 26.7 Å². The molecule has 1 fully saturated rings. The minimum absolute atomic E-state index is 0. The van der Waals surface area contributed by atoms with E-state index in [1.165, 1.54) is 7.11 Å². The lowest BCUT2D eigenvalue weighted by Crippen LogP contribution is -2.46. The fourth-order valence-electron chi connectivity index (χ4n) is 0.798. The van der Waals surface area contributed by atoms with Gasteiger partial charge in [-0.1, -0.05) is 0 Å². The molecule has 0 aromatic carbocycles. The van der Waals surface area contributed by atoms with Crippen molar-refractivity contribution in [1.29, 1.82) is 0 Å². The maximum Gasteiger partial charge on any atom is 0.292 e. The Kier molecular flexibility index (Phi) is 12.7. The maximum absolute atomic E-state index is 8.95. The van der Waals surface area contributed by atoms with Gasteiger partial charge in [-0.05, 0) is 6.92 Å². The van der Waals surface area contributed by atoms with E-state index in [0.717, 1.165) is 19.6 Å². The van der Waals surface area contributed by atoms with Gasteiger partial charge in [-0.25, -0.2) is 0 Å². The second kappa shape index (κ2) is 10.7. The third kappa shape index (κ3) is 9.68. The van der Waals surface area contributed by atoms with Crippen LogP contribution in [0.25, 0.3) is 0 Å². The summed E-state index contributed by atoms with van der Waals surface area (Å²) in [6.45, 7) is 5.94. The summed E-state index contributed by atoms with van der Waals surface area (Å²) in [5, 5.41) is 6.59. The second-order valence-electron chi connectivity index (χ2n) is 2.39. The van der Waals surface area contributed by atoms with Gasteiger partial charge in [-0.15, -0.1) is 12.4 Å². The first kappa shape index (κ1) is 14.2. The summed E-state index contributed by atoms with van der Waals surface area (Å²) in [4.78, 5) is 8.95. The summed E-state index contributed by atoms with van der Waals surface area (Å²) in [5.74, 6) is 0. The molecule has 0 radical (unpaired) electrons. The third-order valence-corrected chi connectivity index (χ3v) is 1.34. The molecule has 1 aliphatic rings. The molecule has 1 atom stereocenters. The predicted octanol–water partition coefficient (Wildman–Crippen LogP) is -0.221. The van der Waals surface area contributed by atoms with Crippen molar-refractivity contribution in [1.82, 2.24) is 10.6 Å². The van der Waals surface area contributed by atoms with Crippen LogP contribution in [-0.4, -0.2) is 39.3 Å². The smallest absolute Gasteiger partial charge is 0.292 e. The first-order chi connectivity index (χ1) is 5.31. The number of carbonyl (C=O) groups is 1. The van der Waals surface area contributed by atoms with E-state index in [4.69, 9.17) is 4.79 Å². The van der Waals surface area contributed by atoms with Crippen LogP contribution in [0.5, 0.6) is 0 Å². The summed E-state index contributed by atoms with van der Waals surface area (Å²) in [5.41, 5.74) is 0. The number of nitrogens with one attached hydrogen (secondary N) is 2. The Hall–Kier alpha value is -0.320. The number of methoxy groups -OCH3 is 1. The quantitative estimate of drug-likeness (QED) is 0.570. The van der Waals surface area contributed by atoms with Crippen molar-refractivity contribution in [3.63, 3.8) is 0 Å². The van der Waals surface area contributed by atoms with E-state index in [-0.39, 0.29) is 12.4 Å². The zero-order valence-corrected chi connectivity index (χ0v) is 8.32. The van der Waals surface area contributed by atoms with Crippen LogP contribution in [0.1, 0.15) is 6.92 Å². The SMILES string of the molecule is CC1CNCCN1.COC=O.Cl. The van der Waals surface area contributed by atoms with Gasteiger partial charge < -0.3 is 15.4 Å². The van der Waals surface area contributed by atoms with E-state index in [0.29, 0.717) is 12.5 Å². The molecule has 0 aromatic rings. The van der Waals surface area contributed by atoms with Gasteiger partial charge >= 0.3 is 0 Å². The molecule has 0 spiro atoms. The molecular weight excluding hydrogens is 180 g/mol. The summed E-state index contributed by atoms with van der Waals surface area (Å²) in [6, 6.07) is 0.675. The largest absolute Gasteiger partial charge is 0.471 e. The molecule has 0 saturated carbocycles. The Morgan fingerprint density at radius 2 is 2.08 bits per heavy atom. The van der Waals surface area contributed by atoms with Crippen LogP contribution >= 0.6 is 12.4 Å². The zero-order valence-electron chi connectivity index (χ0n) is 7.50. The minimum Gasteiger partial charge on any atom is -0.471 e. The van der Waals surface area contributed by atoms with Crippen LogP contribution in [0, 0.1) is 0 Å². The molecule has 1 unspecified atom stereocenters. The molecule has 2 N–H and O–H groups in total. The Bertz CT molecular complexity index is 97.4. The van der Waals surface area contributed by atoms with Crippen LogP contribution < -0.4 is 10.6 Å². The average molecular weight is 197 g/mol. The number of ether oxygens (including phenoxy) is 1. The van der Waals surface area contributed by atoms with Gasteiger partial charge in [0, 0.05) is 25.7 Å². The van der Waals surface area contributed by atoms with E-state index < -0.39 is 0 Å². The Morgan fingerprint density at radius 1 is 1.50 bits per heavy atom. The van der Waals surface area contributed by atoms with Gasteiger partial charge in [0.2, 0.25) is 0 Å². The number of carbonyl (C=O) groups excluding carboxylic acids is 1. The molecule has 12 heavy (non-hydrogen) atoms. The highest BCUT2D eigenvalue weighted by Crippen LogP contribution is 1.80. The van der Waals surface area contributed by atoms with Gasteiger partial charge in [0.15, 0.2) is 0 Å². The molecule has 0 amide bonds. The van der Waals surface area contributed by atoms with Gasteiger partial charge in [0.25, 0.3) is 6.47 Å². The Morgan fingerprint density at radius 3 is 2.25 bits per heavy atom. The number of rotatable bonds is 1. The van der Waals surface area contributed by atoms with Crippen molar-refractivity contribution in [3.05, 3.63) is 0 Å². The lowest BCUT2D eigenvalue weighted by atomic mass is 10.3. The molecule has 5 heteroatoms. The van der Waals surface area contributed by atoms with E-state index in [9.17, 15) is 0 Å². The van der Waals surface area contributed by atoms with E-state index in [2.05, 4.69) is 22.3 Å². The summed E-state index contributed by atoms with van der Waals surface area (Å²) >= 11 is 0. The first-order valence-electron chi connectivity index (χ1n) is 3.71. The number of halogens is 1. The van der Waals surface area contributed by atoms with E-state index >= 15 is 0 Å². The standard InChI is InChI=1S/C5H12N2.C2H4O2.ClH/c1-5-4-6-2-3-7-5;1-4-2-3;/h5-7H,2-4H2,1H3;2H,1H3;1H. The van der Waals surface area contributed by atoms with Crippen LogP contribution in [-0.2, 0) is 9.53 Å². The Labute approximate surface area is 79.5 Å². The van der Waals surface area contributed by atoms with Crippen molar-refractivity contribution in [3.8, 4) is 0 Å². The molecule has 1 rings (SSSR count). The van der Waals surface area contributed by atoms with Gasteiger partial charge in [-0.2, -0.15) is 0 Å². The highest BCUT2D eigenvalue weighted by atomic mass is 35.5. The van der Waals surface area contributed by atoms with Crippen LogP contribution in [0.3, 0.4) is 0 Å². The first-order valence-corrected chi connectivity index (χ1v) is 3.71. The van der Waals surface area contributed by atoms with Crippen LogP contribution in [0.15, 0.2) is 0 Å². The second-order valence-corrected chi connectivity index (χ2v) is 2.39. The third-order valence-electron chi connectivity index (χ3n) is 1.34. The molecule has 0 bridgehead atoms. The monoisotopic (exact) mass is 196 g/mol. The maximum atomic E-state index is 8.95. The van der Waals surface area contributed by atoms with E-state index in [1.54, 1.807) is 0 Å². The summed E-state index contributed by atoms with van der Waals surface area (Å²) in [7, 11) is 1.31. The van der Waals surface area contributed by atoms with Crippen molar-refractivity contribution in [2.45, 2.75) is 13.0 Å². The van der Waals surface area contributed by atoms with Crippen molar-refractivity contribution < 1.29 is 9.53 Å². The minimum atomic E-state index is 0. The molecule has 74 valence electrons. The van der Waals surface area contributed by atoms with Crippen LogP contribution in [0.4, 0.5) is 0 Å². The lowest BCUT2D eigenvalue weighted by molar-refractivity contribution is -0.126. The highest BCUT2D eigenvalue weighted by molar-refractivity contribution is 5.85. The number of hydrogen-bond acceptors (Lipinski definition) is 4. The van der Waals surface area contributed by atoms with Gasteiger partial charge in [0.1, 0.15) is 0 Å². The zero-order chi connectivity index (χ0) is 8.53. The number of hydrogen-bond donors (Lipinski definition) is 2. The van der Waals surface area contributed by atoms with Gasteiger partial charge in [-0.3, -0.25) is 4.79 Å². The van der Waals surface area contributed by atoms with Crippen molar-refractivity contribution >= 4 is 18.9 Å². The topological polar surface area (TPSA) is 50.4 Å². The van der Waals surface area contributed by atoms with Gasteiger partial charge in [0.05, 0.1) is 7.11 Å². The predicted molar refractivity (Wildman–Crippen MR) is 50.7 cm³/mol. The average Bonchev–Trinajstić information content (AvgIpc) is 2.07. The van der Waals surface area contributed by atoms with Crippen LogP contribution in [0.2, 0.25) is 0 Å². The fraction of sp³-hybridized carbons (Fsp3) is 0.857. The molecule has 1 heterocycles. The summed E-state index contributed by atoms with van der Waals surface area (Å²) < 4.78 is 3.86. The van der Waals surface area contributed by atoms with Crippen molar-refractivity contribution in [2.24, 2.45) is 0 Å². The lowest BCUT2D eigenvalue weighted by Gasteiger charge is -2.19. The fourth-order valence-corrected chi connectivity index (χ4v) is 0.798.